The average molecular weight is 203 g/mol. The topological polar surface area (TPSA) is 0 Å². The van der Waals surface area contributed by atoms with E-state index in [1.165, 1.54) is 0 Å². The van der Waals surface area contributed by atoms with Crippen LogP contribution < -0.4 is 0 Å². The SMILES string of the molecule is F[C@@H](Br)Cc1ccccc1. The van der Waals surface area contributed by atoms with Gasteiger partial charge in [-0.2, -0.15) is 0 Å². The van der Waals surface area contributed by atoms with Crippen LogP contribution in [-0.2, 0) is 6.42 Å². The van der Waals surface area contributed by atoms with Crippen molar-refractivity contribution in [3.05, 3.63) is 35.9 Å². The van der Waals surface area contributed by atoms with E-state index in [1.54, 1.807) is 0 Å². The Hall–Kier alpha value is -0.370. The van der Waals surface area contributed by atoms with Gasteiger partial charge in [-0.15, -0.1) is 0 Å². The van der Waals surface area contributed by atoms with Crippen LogP contribution in [0, 0.1) is 0 Å². The summed E-state index contributed by atoms with van der Waals surface area (Å²) in [5, 5.41) is -0.921. The Balaban J connectivity index is 2.59. The Labute approximate surface area is 68.2 Å². The molecule has 1 aromatic rings. The minimum absolute atomic E-state index is 0.445. The first-order valence-electron chi connectivity index (χ1n) is 3.11. The number of alkyl halides is 2. The maximum absolute atomic E-state index is 12.3. The lowest BCUT2D eigenvalue weighted by molar-refractivity contribution is 0.460. The van der Waals surface area contributed by atoms with Crippen LogP contribution >= 0.6 is 15.9 Å². The molecule has 0 amide bonds. The van der Waals surface area contributed by atoms with Gasteiger partial charge in [0.15, 0.2) is 5.08 Å². The fraction of sp³-hybridized carbons (Fsp3) is 0.250. The summed E-state index contributed by atoms with van der Waals surface area (Å²) in [6.45, 7) is 0. The van der Waals surface area contributed by atoms with Crippen LogP contribution in [0.25, 0.3) is 0 Å². The standard InChI is InChI=1S/C8H8BrF/c9-8(10)6-7-4-2-1-3-5-7/h1-5,8H,6H2/t8-/m1/s1. The van der Waals surface area contributed by atoms with Crippen molar-refractivity contribution >= 4 is 15.9 Å². The quantitative estimate of drug-likeness (QED) is 0.648. The zero-order valence-electron chi connectivity index (χ0n) is 5.43. The molecular weight excluding hydrogens is 195 g/mol. The van der Waals surface area contributed by atoms with Crippen LogP contribution in [0.2, 0.25) is 0 Å². The largest absolute Gasteiger partial charge is 0.235 e. The molecule has 0 aromatic heterocycles. The van der Waals surface area contributed by atoms with Crippen molar-refractivity contribution in [3.63, 3.8) is 0 Å². The van der Waals surface area contributed by atoms with E-state index in [2.05, 4.69) is 15.9 Å². The molecule has 0 heterocycles. The Bertz CT molecular complexity index is 184. The molecule has 1 rings (SSSR count). The van der Waals surface area contributed by atoms with Crippen LogP contribution in [0.3, 0.4) is 0 Å². The maximum Gasteiger partial charge on any atom is 0.158 e. The Morgan fingerprint density at radius 3 is 2.40 bits per heavy atom. The lowest BCUT2D eigenvalue weighted by Crippen LogP contribution is -1.93. The second kappa shape index (κ2) is 3.71. The van der Waals surface area contributed by atoms with E-state index in [-0.39, 0.29) is 0 Å². The number of rotatable bonds is 2. The highest BCUT2D eigenvalue weighted by Gasteiger charge is 1.99. The lowest BCUT2D eigenvalue weighted by atomic mass is 10.2. The van der Waals surface area contributed by atoms with Crippen LogP contribution in [0.4, 0.5) is 4.39 Å². The van der Waals surface area contributed by atoms with Gasteiger partial charge in [-0.25, -0.2) is 4.39 Å². The third-order valence-electron chi connectivity index (χ3n) is 1.23. The van der Waals surface area contributed by atoms with Crippen LogP contribution in [0.15, 0.2) is 30.3 Å². The highest BCUT2D eigenvalue weighted by molar-refractivity contribution is 9.09. The van der Waals surface area contributed by atoms with Gasteiger partial charge in [0.05, 0.1) is 0 Å². The average Bonchev–Trinajstić information content (AvgIpc) is 1.88. The molecule has 0 saturated heterocycles. The molecule has 54 valence electrons. The van der Waals surface area contributed by atoms with E-state index in [9.17, 15) is 4.39 Å². The molecule has 1 atom stereocenters. The van der Waals surface area contributed by atoms with Gasteiger partial charge in [0.1, 0.15) is 0 Å². The van der Waals surface area contributed by atoms with Crippen molar-refractivity contribution < 1.29 is 4.39 Å². The molecule has 0 nitrogen and oxygen atoms in total. The smallest absolute Gasteiger partial charge is 0.158 e. The molecule has 10 heavy (non-hydrogen) atoms. The molecule has 0 aliphatic rings. The van der Waals surface area contributed by atoms with Crippen molar-refractivity contribution in [2.75, 3.05) is 0 Å². The van der Waals surface area contributed by atoms with Gasteiger partial charge in [-0.05, 0) is 5.56 Å². The van der Waals surface area contributed by atoms with E-state index in [0.29, 0.717) is 6.42 Å². The monoisotopic (exact) mass is 202 g/mol. The summed E-state index contributed by atoms with van der Waals surface area (Å²) in [5.41, 5.74) is 1.02. The summed E-state index contributed by atoms with van der Waals surface area (Å²) in [5.74, 6) is 0. The third kappa shape index (κ3) is 2.48. The Morgan fingerprint density at radius 1 is 1.30 bits per heavy atom. The summed E-state index contributed by atoms with van der Waals surface area (Å²) in [6.07, 6.45) is 0.445. The molecule has 2 heteroatoms. The minimum atomic E-state index is -0.921. The first-order valence-corrected chi connectivity index (χ1v) is 4.02. The van der Waals surface area contributed by atoms with Gasteiger partial charge in [0, 0.05) is 6.42 Å². The highest BCUT2D eigenvalue weighted by Crippen LogP contribution is 2.09. The predicted octanol–water partition coefficient (Wildman–Crippen LogP) is 2.92. The molecular formula is C8H8BrF. The lowest BCUT2D eigenvalue weighted by Gasteiger charge is -1.98. The third-order valence-corrected chi connectivity index (χ3v) is 1.56. The number of halogens is 2. The van der Waals surface area contributed by atoms with E-state index in [0.717, 1.165) is 5.56 Å². The van der Waals surface area contributed by atoms with Gasteiger partial charge in [-0.1, -0.05) is 46.3 Å². The van der Waals surface area contributed by atoms with Crippen molar-refractivity contribution in [1.29, 1.82) is 0 Å². The Kier molecular flexibility index (Phi) is 2.87. The van der Waals surface area contributed by atoms with Crippen molar-refractivity contribution in [2.24, 2.45) is 0 Å². The zero-order valence-corrected chi connectivity index (χ0v) is 7.01. The second-order valence-corrected chi connectivity index (χ2v) is 3.07. The highest BCUT2D eigenvalue weighted by atomic mass is 79.9. The molecule has 1 aromatic carbocycles. The molecule has 0 N–H and O–H groups in total. The van der Waals surface area contributed by atoms with Crippen molar-refractivity contribution in [3.8, 4) is 0 Å². The van der Waals surface area contributed by atoms with Gasteiger partial charge in [0.25, 0.3) is 0 Å². The van der Waals surface area contributed by atoms with Crippen LogP contribution in [0.5, 0.6) is 0 Å². The summed E-state index contributed by atoms with van der Waals surface area (Å²) < 4.78 is 12.3. The summed E-state index contributed by atoms with van der Waals surface area (Å²) >= 11 is 2.84. The summed E-state index contributed by atoms with van der Waals surface area (Å²) in [4.78, 5) is 0. The second-order valence-electron chi connectivity index (χ2n) is 2.08. The van der Waals surface area contributed by atoms with E-state index in [4.69, 9.17) is 0 Å². The first kappa shape index (κ1) is 7.73. The van der Waals surface area contributed by atoms with Gasteiger partial charge in [0.2, 0.25) is 0 Å². The molecule has 0 aliphatic carbocycles. The maximum atomic E-state index is 12.3. The molecule has 0 aliphatic heterocycles. The molecule has 0 fully saturated rings. The van der Waals surface area contributed by atoms with Crippen LogP contribution in [0.1, 0.15) is 5.56 Å². The number of hydrogen-bond acceptors (Lipinski definition) is 0. The predicted molar refractivity (Wildman–Crippen MR) is 44.0 cm³/mol. The first-order chi connectivity index (χ1) is 4.79. The summed E-state index contributed by atoms with van der Waals surface area (Å²) in [6, 6.07) is 9.56. The van der Waals surface area contributed by atoms with E-state index < -0.39 is 5.08 Å². The Morgan fingerprint density at radius 2 is 1.90 bits per heavy atom. The number of hydrogen-bond donors (Lipinski definition) is 0. The fourth-order valence-corrected chi connectivity index (χ4v) is 1.17. The molecule has 0 spiro atoms. The van der Waals surface area contributed by atoms with E-state index >= 15 is 0 Å². The van der Waals surface area contributed by atoms with Gasteiger partial charge < -0.3 is 0 Å². The molecule has 0 saturated carbocycles. The molecule has 0 bridgehead atoms. The zero-order chi connectivity index (χ0) is 7.40. The van der Waals surface area contributed by atoms with Crippen molar-refractivity contribution in [1.82, 2.24) is 0 Å². The minimum Gasteiger partial charge on any atom is -0.235 e. The normalized spacial score (nSPS) is 13.0. The van der Waals surface area contributed by atoms with Crippen molar-refractivity contribution in [2.45, 2.75) is 11.5 Å². The van der Waals surface area contributed by atoms with Gasteiger partial charge >= 0.3 is 0 Å². The number of benzene rings is 1. The summed E-state index contributed by atoms with van der Waals surface area (Å²) in [7, 11) is 0. The molecule has 0 unspecified atom stereocenters. The fourth-order valence-electron chi connectivity index (χ4n) is 0.792. The van der Waals surface area contributed by atoms with Gasteiger partial charge in [-0.3, -0.25) is 0 Å². The van der Waals surface area contributed by atoms with Crippen LogP contribution in [-0.4, -0.2) is 5.08 Å². The van der Waals surface area contributed by atoms with E-state index in [1.807, 2.05) is 30.3 Å². The molecule has 0 radical (unpaired) electrons.